The second-order valence-electron chi connectivity index (χ2n) is 7.83. The number of carboxylic acid groups (broad SMARTS) is 1. The van der Waals surface area contributed by atoms with Crippen molar-refractivity contribution in [1.82, 2.24) is 9.62 Å². The highest BCUT2D eigenvalue weighted by Gasteiger charge is 2.38. The Labute approximate surface area is 179 Å². The summed E-state index contributed by atoms with van der Waals surface area (Å²) in [7, 11) is -5.33. The molecule has 14 heteroatoms. The summed E-state index contributed by atoms with van der Waals surface area (Å²) in [5.41, 5.74) is 4.25. The Balaban J connectivity index is 2.00. The number of aromatic hydroxyl groups is 1. The number of carbonyl (C=O) groups is 2. The molecule has 1 amide bonds. The third-order valence-corrected chi connectivity index (χ3v) is 5.23. The van der Waals surface area contributed by atoms with Gasteiger partial charge in [0.15, 0.2) is 0 Å². The van der Waals surface area contributed by atoms with E-state index in [2.05, 4.69) is 0 Å². The highest BCUT2D eigenvalue weighted by Crippen LogP contribution is 2.34. The van der Waals surface area contributed by atoms with E-state index in [1.54, 1.807) is 4.90 Å². The number of aromatic carboxylic acids is 1. The number of nitrogens with zero attached hydrogens (tertiary/aromatic N) is 1. The van der Waals surface area contributed by atoms with E-state index in [4.69, 9.17) is 20.5 Å². The Morgan fingerprint density at radius 1 is 1.35 bits per heavy atom. The van der Waals surface area contributed by atoms with Crippen molar-refractivity contribution < 1.29 is 43.0 Å². The van der Waals surface area contributed by atoms with E-state index in [9.17, 15) is 28.2 Å². The van der Waals surface area contributed by atoms with Crippen LogP contribution in [0, 0.1) is 0 Å². The molecular weight excluding hydrogens is 433 g/mol. The van der Waals surface area contributed by atoms with Gasteiger partial charge in [0.1, 0.15) is 28.7 Å². The summed E-state index contributed by atoms with van der Waals surface area (Å²) < 4.78 is 29.9. The number of nitrogens with two attached hydrogens (primary N) is 1. The number of ether oxygens (including phenoxy) is 1. The third-order valence-electron chi connectivity index (χ3n) is 4.68. The molecule has 7 N–H and O–H groups in total. The largest absolute Gasteiger partial charge is 0.507 e. The zero-order chi connectivity index (χ0) is 23.6. The van der Waals surface area contributed by atoms with Gasteiger partial charge >= 0.3 is 13.1 Å². The second-order valence-corrected chi connectivity index (χ2v) is 9.57. The van der Waals surface area contributed by atoms with Crippen LogP contribution in [0.1, 0.15) is 22.8 Å². The molecule has 1 atom stereocenters. The van der Waals surface area contributed by atoms with Gasteiger partial charge in [-0.05, 0) is 31.3 Å². The van der Waals surface area contributed by atoms with Crippen LogP contribution in [-0.2, 0) is 21.2 Å². The van der Waals surface area contributed by atoms with Crippen LogP contribution in [0.4, 0.5) is 0 Å². The maximum Gasteiger partial charge on any atom is 0.451 e. The molecule has 1 saturated heterocycles. The first-order valence-electron chi connectivity index (χ1n) is 9.34. The predicted molar refractivity (Wildman–Crippen MR) is 110 cm³/mol. The Hall–Kier alpha value is -2.39. The molecule has 1 aliphatic heterocycles. The molecule has 0 radical (unpaired) electrons. The minimum Gasteiger partial charge on any atom is -0.507 e. The maximum absolute atomic E-state index is 12.0. The van der Waals surface area contributed by atoms with E-state index < -0.39 is 52.0 Å². The molecule has 1 aliphatic rings. The second kappa shape index (κ2) is 9.40. The van der Waals surface area contributed by atoms with Crippen molar-refractivity contribution in [1.29, 1.82) is 0 Å². The summed E-state index contributed by atoms with van der Waals surface area (Å²) in [6.07, 6.45) is 0.402. The van der Waals surface area contributed by atoms with Crippen LogP contribution in [0.25, 0.3) is 0 Å². The van der Waals surface area contributed by atoms with Gasteiger partial charge in [-0.1, -0.05) is 6.07 Å². The summed E-state index contributed by atoms with van der Waals surface area (Å²) in [6, 6.07) is 2.83. The van der Waals surface area contributed by atoms with Crippen molar-refractivity contribution in [3.8, 4) is 11.5 Å². The number of aryl methyl sites for hydroxylation is 1. The number of sulfonamides is 1. The molecule has 172 valence electrons. The molecule has 31 heavy (non-hydrogen) atoms. The van der Waals surface area contributed by atoms with Gasteiger partial charge < -0.3 is 30.7 Å². The normalized spacial score (nSPS) is 16.8. The van der Waals surface area contributed by atoms with Gasteiger partial charge in [0.2, 0.25) is 10.0 Å². The van der Waals surface area contributed by atoms with Gasteiger partial charge in [0.05, 0.1) is 6.26 Å². The molecular formula is C17H26BN3O9S. The van der Waals surface area contributed by atoms with Crippen molar-refractivity contribution in [2.45, 2.75) is 31.3 Å². The van der Waals surface area contributed by atoms with Gasteiger partial charge in [0.25, 0.3) is 5.91 Å². The number of benzene rings is 1. The lowest BCUT2D eigenvalue weighted by Gasteiger charge is -2.42. The standard InChI is InChI=1S/C17H26BN3O9S/c1-17(19,16(25)20-31(2,28)29)9-21-7-11(8-21)30-12-4-3-10(5-6-18(26)27)14(22)13(12)15(23)24/h3-4,11,22,26-27H,5-9,19H2,1-2H3,(H,20,25)(H,23,24)/t17-/m1/s1. The number of hydrogen-bond donors (Lipinski definition) is 6. The highest BCUT2D eigenvalue weighted by atomic mass is 32.2. The Bertz CT molecular complexity index is 946. The van der Waals surface area contributed by atoms with Crippen molar-refractivity contribution >= 4 is 29.0 Å². The third kappa shape index (κ3) is 6.80. The monoisotopic (exact) mass is 459 g/mol. The predicted octanol–water partition coefficient (Wildman–Crippen LogP) is -2.04. The molecule has 1 aromatic rings. The zero-order valence-corrected chi connectivity index (χ0v) is 17.9. The molecule has 12 nitrogen and oxygen atoms in total. The molecule has 0 saturated carbocycles. The fourth-order valence-electron chi connectivity index (χ4n) is 3.13. The van der Waals surface area contributed by atoms with Gasteiger partial charge in [-0.2, -0.15) is 0 Å². The molecule has 1 aromatic carbocycles. The molecule has 0 bridgehead atoms. The Kier molecular flexibility index (Phi) is 7.55. The number of carboxylic acids is 1. The van der Waals surface area contributed by atoms with Crippen LogP contribution in [0.5, 0.6) is 11.5 Å². The van der Waals surface area contributed by atoms with Crippen LogP contribution >= 0.6 is 0 Å². The lowest BCUT2D eigenvalue weighted by Crippen LogP contribution is -2.64. The molecule has 0 aromatic heterocycles. The zero-order valence-electron chi connectivity index (χ0n) is 17.1. The number of likely N-dealkylation sites (tertiary alicyclic amines) is 1. The van der Waals surface area contributed by atoms with Gasteiger partial charge in [0, 0.05) is 19.6 Å². The van der Waals surface area contributed by atoms with Crippen molar-refractivity contribution in [3.05, 3.63) is 23.3 Å². The SMILES string of the molecule is C[C@@](N)(CN1CC(Oc2ccc(CCB(O)O)c(O)c2C(=O)O)C1)C(=O)NS(C)(=O)=O. The van der Waals surface area contributed by atoms with E-state index in [0.717, 1.165) is 6.26 Å². The quantitative estimate of drug-likeness (QED) is 0.211. The molecule has 0 aliphatic carbocycles. The van der Waals surface area contributed by atoms with Gasteiger partial charge in [-0.25, -0.2) is 13.2 Å². The van der Waals surface area contributed by atoms with Gasteiger partial charge in [-0.3, -0.25) is 14.4 Å². The summed E-state index contributed by atoms with van der Waals surface area (Å²) in [5.74, 6) is -2.80. The summed E-state index contributed by atoms with van der Waals surface area (Å²) in [4.78, 5) is 25.4. The average molecular weight is 459 g/mol. The van der Waals surface area contributed by atoms with E-state index in [1.807, 2.05) is 4.72 Å². The Morgan fingerprint density at radius 2 is 1.97 bits per heavy atom. The van der Waals surface area contributed by atoms with E-state index in [0.29, 0.717) is 13.1 Å². The first-order valence-corrected chi connectivity index (χ1v) is 11.2. The van der Waals surface area contributed by atoms with Crippen LogP contribution in [0.3, 0.4) is 0 Å². The first-order chi connectivity index (χ1) is 14.2. The fourth-order valence-corrected chi connectivity index (χ4v) is 3.70. The van der Waals surface area contributed by atoms with Crippen molar-refractivity contribution in [2.24, 2.45) is 5.73 Å². The van der Waals surface area contributed by atoms with Crippen LogP contribution < -0.4 is 15.2 Å². The van der Waals surface area contributed by atoms with Crippen molar-refractivity contribution in [2.75, 3.05) is 25.9 Å². The number of phenols is 1. The minimum atomic E-state index is -3.74. The average Bonchev–Trinajstić information content (AvgIpc) is 2.56. The summed E-state index contributed by atoms with van der Waals surface area (Å²) in [5, 5.41) is 37.6. The fraction of sp³-hybridized carbons (Fsp3) is 0.529. The van der Waals surface area contributed by atoms with Crippen LogP contribution in [-0.4, -0.2) is 90.1 Å². The highest BCUT2D eigenvalue weighted by molar-refractivity contribution is 7.89. The van der Waals surface area contributed by atoms with E-state index >= 15 is 0 Å². The van der Waals surface area contributed by atoms with E-state index in [1.165, 1.54) is 19.1 Å². The summed E-state index contributed by atoms with van der Waals surface area (Å²) in [6.45, 7) is 2.05. The summed E-state index contributed by atoms with van der Waals surface area (Å²) >= 11 is 0. The van der Waals surface area contributed by atoms with Gasteiger partial charge in [-0.15, -0.1) is 0 Å². The number of amides is 1. The lowest BCUT2D eigenvalue weighted by molar-refractivity contribution is -0.125. The smallest absolute Gasteiger partial charge is 0.451 e. The van der Waals surface area contributed by atoms with E-state index in [-0.39, 0.29) is 30.6 Å². The van der Waals surface area contributed by atoms with Crippen LogP contribution in [0.15, 0.2) is 12.1 Å². The molecule has 2 rings (SSSR count). The lowest BCUT2D eigenvalue weighted by atomic mass is 9.82. The molecule has 1 fully saturated rings. The topological polar surface area (TPSA) is 200 Å². The minimum absolute atomic E-state index is 0.0479. The molecule has 0 unspecified atom stereocenters. The number of hydrogen-bond acceptors (Lipinski definition) is 10. The van der Waals surface area contributed by atoms with Crippen LogP contribution in [0.2, 0.25) is 6.32 Å². The first kappa shape index (κ1) is 24.9. The number of nitrogens with one attached hydrogen (secondary N) is 1. The number of rotatable bonds is 10. The maximum atomic E-state index is 12.0. The van der Waals surface area contributed by atoms with Crippen molar-refractivity contribution in [3.63, 3.8) is 0 Å². The molecule has 1 heterocycles. The molecule has 0 spiro atoms. The number of carbonyl (C=O) groups excluding carboxylic acids is 1. The Morgan fingerprint density at radius 3 is 2.48 bits per heavy atom.